The van der Waals surface area contributed by atoms with Crippen LogP contribution >= 0.6 is 0 Å². The number of benzene rings is 2. The van der Waals surface area contributed by atoms with Gasteiger partial charge in [0.2, 0.25) is 10.0 Å². The lowest BCUT2D eigenvalue weighted by molar-refractivity contribution is -0.157. The molecule has 0 bridgehead atoms. The van der Waals surface area contributed by atoms with Crippen molar-refractivity contribution in [3.05, 3.63) is 60.2 Å². The first-order valence-corrected chi connectivity index (χ1v) is 12.0. The number of para-hydroxylation sites is 1. The van der Waals surface area contributed by atoms with Crippen LogP contribution < -0.4 is 14.5 Å². The van der Waals surface area contributed by atoms with Crippen molar-refractivity contribution in [2.24, 2.45) is 5.10 Å². The van der Waals surface area contributed by atoms with Gasteiger partial charge < -0.3 is 9.47 Å². The Labute approximate surface area is 194 Å². The van der Waals surface area contributed by atoms with Crippen molar-refractivity contribution in [1.82, 2.24) is 5.43 Å². The summed E-state index contributed by atoms with van der Waals surface area (Å²) in [5.41, 5.74) is 2.83. The molecule has 0 spiro atoms. The molecule has 178 valence electrons. The minimum atomic E-state index is -3.69. The van der Waals surface area contributed by atoms with Crippen molar-refractivity contribution in [2.45, 2.75) is 39.3 Å². The molecule has 0 saturated carbocycles. The zero-order valence-corrected chi connectivity index (χ0v) is 20.1. The van der Waals surface area contributed by atoms with Gasteiger partial charge in [0.15, 0.2) is 6.61 Å². The number of rotatable bonds is 9. The van der Waals surface area contributed by atoms with Crippen molar-refractivity contribution in [3.8, 4) is 5.75 Å². The summed E-state index contributed by atoms with van der Waals surface area (Å²) < 4.78 is 36.1. The number of hydrogen-bond donors (Lipinski definition) is 1. The average Bonchev–Trinajstić information content (AvgIpc) is 2.71. The second-order valence-electron chi connectivity index (χ2n) is 8.25. The highest BCUT2D eigenvalue weighted by atomic mass is 32.2. The summed E-state index contributed by atoms with van der Waals surface area (Å²) in [7, 11) is -3.69. The number of esters is 1. The molecule has 0 radical (unpaired) electrons. The molecular formula is C23H29N3O6S. The third-order valence-corrected chi connectivity index (χ3v) is 5.39. The predicted molar refractivity (Wildman–Crippen MR) is 127 cm³/mol. The van der Waals surface area contributed by atoms with E-state index in [4.69, 9.17) is 9.47 Å². The Bertz CT molecular complexity index is 1080. The molecule has 0 heterocycles. The van der Waals surface area contributed by atoms with Crippen molar-refractivity contribution < 1.29 is 27.5 Å². The lowest BCUT2D eigenvalue weighted by Crippen LogP contribution is -2.46. The fourth-order valence-corrected chi connectivity index (χ4v) is 3.99. The van der Waals surface area contributed by atoms with E-state index in [0.29, 0.717) is 17.0 Å². The smallest absolute Gasteiger partial charge is 0.344 e. The number of carbonyl (C=O) groups excluding carboxylic acids is 2. The second kappa shape index (κ2) is 11.0. The van der Waals surface area contributed by atoms with E-state index < -0.39 is 33.5 Å². The van der Waals surface area contributed by atoms with E-state index in [0.717, 1.165) is 10.6 Å². The minimum Gasteiger partial charge on any atom is -0.482 e. The van der Waals surface area contributed by atoms with Gasteiger partial charge in [-0.2, -0.15) is 5.10 Å². The monoisotopic (exact) mass is 475 g/mol. The van der Waals surface area contributed by atoms with E-state index in [9.17, 15) is 18.0 Å². The summed E-state index contributed by atoms with van der Waals surface area (Å²) in [6.07, 6.45) is 2.45. The molecule has 2 aromatic carbocycles. The van der Waals surface area contributed by atoms with Crippen molar-refractivity contribution in [3.63, 3.8) is 0 Å². The summed E-state index contributed by atoms with van der Waals surface area (Å²) in [5, 5.41) is 3.90. The van der Waals surface area contributed by atoms with Gasteiger partial charge in [0, 0.05) is 0 Å². The highest BCUT2D eigenvalue weighted by Gasteiger charge is 2.28. The van der Waals surface area contributed by atoms with Gasteiger partial charge in [0.1, 0.15) is 17.4 Å². The van der Waals surface area contributed by atoms with Crippen LogP contribution in [0.1, 0.15) is 33.3 Å². The molecule has 2 aromatic rings. The Morgan fingerprint density at radius 2 is 1.70 bits per heavy atom. The van der Waals surface area contributed by atoms with E-state index in [-0.39, 0.29) is 6.61 Å². The third kappa shape index (κ3) is 8.57. The summed E-state index contributed by atoms with van der Waals surface area (Å²) in [4.78, 5) is 24.2. The molecule has 0 aromatic heterocycles. The maximum Gasteiger partial charge on any atom is 0.344 e. The quantitative estimate of drug-likeness (QED) is 0.339. The van der Waals surface area contributed by atoms with Crippen LogP contribution in [0.15, 0.2) is 59.7 Å². The summed E-state index contributed by atoms with van der Waals surface area (Å²) >= 11 is 0. The Morgan fingerprint density at radius 3 is 2.24 bits per heavy atom. The van der Waals surface area contributed by atoms with Crippen molar-refractivity contribution >= 4 is 33.8 Å². The molecule has 2 rings (SSSR count). The standard InChI is InChI=1S/C23H29N3O6S/c1-17(26(33(5,29)30)19-9-7-6-8-10-19)22(28)25-24-15-18-11-13-20(14-12-18)31-16-21(27)32-23(2,3)4/h6-15,17H,16H2,1-5H3,(H,25,28)/b24-15-/t17-/m1/s1. The van der Waals surface area contributed by atoms with Crippen LogP contribution in [0.2, 0.25) is 0 Å². The SMILES string of the molecule is C[C@H](C(=O)N/N=C\c1ccc(OCC(=O)OC(C)(C)C)cc1)N(c1ccccc1)S(C)(=O)=O. The van der Waals surface area contributed by atoms with E-state index in [1.165, 1.54) is 13.1 Å². The first-order valence-electron chi connectivity index (χ1n) is 10.2. The van der Waals surface area contributed by atoms with Crippen LogP contribution in [0.4, 0.5) is 5.69 Å². The number of sulfonamides is 1. The van der Waals surface area contributed by atoms with E-state index >= 15 is 0 Å². The van der Waals surface area contributed by atoms with Gasteiger partial charge in [0.05, 0.1) is 18.2 Å². The van der Waals surface area contributed by atoms with Gasteiger partial charge in [0.25, 0.3) is 5.91 Å². The highest BCUT2D eigenvalue weighted by Crippen LogP contribution is 2.20. The Morgan fingerprint density at radius 1 is 1.09 bits per heavy atom. The molecule has 0 fully saturated rings. The lowest BCUT2D eigenvalue weighted by atomic mass is 10.2. The topological polar surface area (TPSA) is 114 Å². The molecule has 10 heteroatoms. The fourth-order valence-electron chi connectivity index (χ4n) is 2.81. The zero-order chi connectivity index (χ0) is 24.6. The minimum absolute atomic E-state index is 0.211. The maximum absolute atomic E-state index is 12.5. The molecule has 0 aliphatic carbocycles. The van der Waals surface area contributed by atoms with Crippen molar-refractivity contribution in [1.29, 1.82) is 0 Å². The number of hydrogen-bond acceptors (Lipinski definition) is 7. The number of nitrogens with one attached hydrogen (secondary N) is 1. The molecule has 1 amide bonds. The fraction of sp³-hybridized carbons (Fsp3) is 0.348. The van der Waals surface area contributed by atoms with Gasteiger partial charge in [-0.1, -0.05) is 18.2 Å². The molecule has 0 unspecified atom stereocenters. The largest absolute Gasteiger partial charge is 0.482 e. The molecule has 1 N–H and O–H groups in total. The first-order chi connectivity index (χ1) is 15.4. The molecule has 0 aliphatic heterocycles. The maximum atomic E-state index is 12.5. The number of carbonyl (C=O) groups is 2. The summed E-state index contributed by atoms with van der Waals surface area (Å²) in [6.45, 7) is 6.60. The van der Waals surface area contributed by atoms with Crippen LogP contribution in [0.3, 0.4) is 0 Å². The number of amides is 1. The normalized spacial score (nSPS) is 12.8. The number of hydrazone groups is 1. The van der Waals surface area contributed by atoms with E-state index in [2.05, 4.69) is 10.5 Å². The number of ether oxygens (including phenoxy) is 2. The van der Waals surface area contributed by atoms with Gasteiger partial charge in [-0.15, -0.1) is 0 Å². The lowest BCUT2D eigenvalue weighted by Gasteiger charge is -2.27. The molecule has 0 saturated heterocycles. The first kappa shape index (κ1) is 25.9. The second-order valence-corrected chi connectivity index (χ2v) is 10.1. The number of nitrogens with zero attached hydrogens (tertiary/aromatic N) is 2. The van der Waals surface area contributed by atoms with E-state index in [1.54, 1.807) is 75.4 Å². The summed E-state index contributed by atoms with van der Waals surface area (Å²) in [5.74, 6) is -0.580. The molecule has 33 heavy (non-hydrogen) atoms. The highest BCUT2D eigenvalue weighted by molar-refractivity contribution is 7.92. The molecule has 9 nitrogen and oxygen atoms in total. The Hall–Kier alpha value is -3.40. The Balaban J connectivity index is 1.94. The van der Waals surface area contributed by atoms with Gasteiger partial charge in [-0.05, 0) is 69.7 Å². The average molecular weight is 476 g/mol. The number of anilines is 1. The molecule has 1 atom stereocenters. The van der Waals surface area contributed by atoms with Crippen LogP contribution in [0, 0.1) is 0 Å². The molecular weight excluding hydrogens is 446 g/mol. The van der Waals surface area contributed by atoms with Gasteiger partial charge in [-0.3, -0.25) is 9.10 Å². The van der Waals surface area contributed by atoms with Gasteiger partial charge in [-0.25, -0.2) is 18.6 Å². The van der Waals surface area contributed by atoms with Gasteiger partial charge >= 0.3 is 5.97 Å². The molecule has 0 aliphatic rings. The van der Waals surface area contributed by atoms with Crippen LogP contribution in [0.5, 0.6) is 5.75 Å². The summed E-state index contributed by atoms with van der Waals surface area (Å²) in [6, 6.07) is 14.0. The van der Waals surface area contributed by atoms with Crippen LogP contribution in [-0.4, -0.2) is 51.0 Å². The zero-order valence-electron chi connectivity index (χ0n) is 19.3. The predicted octanol–water partition coefficient (Wildman–Crippen LogP) is 2.71. The third-order valence-electron chi connectivity index (χ3n) is 4.14. The Kier molecular flexibility index (Phi) is 8.58. The van der Waals surface area contributed by atoms with Crippen molar-refractivity contribution in [2.75, 3.05) is 17.2 Å². The van der Waals surface area contributed by atoms with Crippen LogP contribution in [0.25, 0.3) is 0 Å². The van der Waals surface area contributed by atoms with Crippen LogP contribution in [-0.2, 0) is 24.3 Å². The van der Waals surface area contributed by atoms with E-state index in [1.807, 2.05) is 0 Å².